The van der Waals surface area contributed by atoms with Gasteiger partial charge in [-0.3, -0.25) is 0 Å². The van der Waals surface area contributed by atoms with E-state index in [9.17, 15) is 9.18 Å². The molecule has 1 rings (SSSR count). The van der Waals surface area contributed by atoms with Gasteiger partial charge in [0, 0.05) is 7.05 Å². The van der Waals surface area contributed by atoms with Crippen molar-refractivity contribution in [3.63, 3.8) is 0 Å². The number of amides is 1. The molecule has 76 valence electrons. The molecule has 0 aliphatic heterocycles. The normalized spacial score (nSPS) is 9.57. The van der Waals surface area contributed by atoms with Gasteiger partial charge < -0.3 is 15.7 Å². The predicted octanol–water partition coefficient (Wildman–Crippen LogP) is 1.03. The van der Waals surface area contributed by atoms with Crippen molar-refractivity contribution in [1.29, 1.82) is 0 Å². The summed E-state index contributed by atoms with van der Waals surface area (Å²) in [6, 6.07) is 2.71. The van der Waals surface area contributed by atoms with Crippen molar-refractivity contribution in [2.75, 3.05) is 12.4 Å². The molecule has 6 heteroatoms. The van der Waals surface area contributed by atoms with E-state index in [-0.39, 0.29) is 12.2 Å². The molecule has 14 heavy (non-hydrogen) atoms. The van der Waals surface area contributed by atoms with Crippen molar-refractivity contribution >= 4 is 11.9 Å². The summed E-state index contributed by atoms with van der Waals surface area (Å²) in [5.74, 6) is -0.0358. The Balaban J connectivity index is 2.78. The number of pyridine rings is 1. The zero-order chi connectivity index (χ0) is 10.6. The van der Waals surface area contributed by atoms with Crippen molar-refractivity contribution in [3.8, 4) is 0 Å². The lowest BCUT2D eigenvalue weighted by molar-refractivity contribution is 0.193. The van der Waals surface area contributed by atoms with E-state index in [0.29, 0.717) is 5.82 Å². The summed E-state index contributed by atoms with van der Waals surface area (Å²) in [7, 11) is 1.65. The average molecular weight is 199 g/mol. The Morgan fingerprint density at radius 1 is 1.64 bits per heavy atom. The van der Waals surface area contributed by atoms with Crippen molar-refractivity contribution in [1.82, 2.24) is 10.3 Å². The standard InChI is InChI=1S/C8H10FN3O2/c1-10-7-3-2-5(9)6(12-7)4-11-8(13)14/h2-3,11H,4H2,1H3,(H,10,12)(H,13,14). The molecule has 0 radical (unpaired) electrons. The number of hydrogen-bond acceptors (Lipinski definition) is 3. The SMILES string of the molecule is CNc1ccc(F)c(CNC(=O)O)n1. The van der Waals surface area contributed by atoms with Crippen LogP contribution in [0.2, 0.25) is 0 Å². The molecule has 0 saturated heterocycles. The van der Waals surface area contributed by atoms with E-state index in [1.807, 2.05) is 5.32 Å². The van der Waals surface area contributed by atoms with Gasteiger partial charge in [-0.15, -0.1) is 0 Å². The second-order valence-electron chi connectivity index (χ2n) is 2.53. The van der Waals surface area contributed by atoms with Gasteiger partial charge in [-0.25, -0.2) is 14.2 Å². The Bertz CT molecular complexity index is 343. The van der Waals surface area contributed by atoms with Crippen LogP contribution in [0.5, 0.6) is 0 Å². The molecule has 3 N–H and O–H groups in total. The minimum Gasteiger partial charge on any atom is -0.465 e. The van der Waals surface area contributed by atoms with Crippen LogP contribution in [0.1, 0.15) is 5.69 Å². The highest BCUT2D eigenvalue weighted by atomic mass is 19.1. The van der Waals surface area contributed by atoms with Crippen molar-refractivity contribution in [3.05, 3.63) is 23.6 Å². The maximum Gasteiger partial charge on any atom is 0.404 e. The summed E-state index contributed by atoms with van der Waals surface area (Å²) >= 11 is 0. The Morgan fingerprint density at radius 3 is 2.93 bits per heavy atom. The molecule has 0 fully saturated rings. The first kappa shape index (κ1) is 10.2. The molecule has 1 amide bonds. The fourth-order valence-corrected chi connectivity index (χ4v) is 0.907. The summed E-state index contributed by atoms with van der Waals surface area (Å²) in [6.07, 6.45) is -1.21. The van der Waals surface area contributed by atoms with Gasteiger partial charge in [-0.2, -0.15) is 0 Å². The number of rotatable bonds is 3. The second kappa shape index (κ2) is 4.40. The van der Waals surface area contributed by atoms with Gasteiger partial charge >= 0.3 is 6.09 Å². The maximum absolute atomic E-state index is 13.0. The highest BCUT2D eigenvalue weighted by Crippen LogP contribution is 2.08. The molecule has 0 aromatic carbocycles. The van der Waals surface area contributed by atoms with E-state index < -0.39 is 11.9 Å². The lowest BCUT2D eigenvalue weighted by Crippen LogP contribution is -2.21. The van der Waals surface area contributed by atoms with Gasteiger partial charge in [0.15, 0.2) is 0 Å². The Hall–Kier alpha value is -1.85. The van der Waals surface area contributed by atoms with Crippen LogP contribution >= 0.6 is 0 Å². The maximum atomic E-state index is 13.0. The quantitative estimate of drug-likeness (QED) is 0.679. The summed E-state index contributed by atoms with van der Waals surface area (Å²) in [5, 5.41) is 13.1. The molecule has 0 bridgehead atoms. The monoisotopic (exact) mass is 199 g/mol. The largest absolute Gasteiger partial charge is 0.465 e. The fraction of sp³-hybridized carbons (Fsp3) is 0.250. The molecule has 1 heterocycles. The van der Waals surface area contributed by atoms with E-state index in [4.69, 9.17) is 5.11 Å². The number of aromatic nitrogens is 1. The van der Waals surface area contributed by atoms with Crippen molar-refractivity contribution in [2.45, 2.75) is 6.54 Å². The number of nitrogens with one attached hydrogen (secondary N) is 2. The number of carbonyl (C=O) groups is 1. The molecule has 0 spiro atoms. The first-order valence-corrected chi connectivity index (χ1v) is 3.93. The molecule has 0 aliphatic rings. The van der Waals surface area contributed by atoms with Crippen LogP contribution in [0.3, 0.4) is 0 Å². The lowest BCUT2D eigenvalue weighted by Gasteiger charge is -2.04. The van der Waals surface area contributed by atoms with Gasteiger partial charge in [0.25, 0.3) is 0 Å². The van der Waals surface area contributed by atoms with Crippen LogP contribution in [-0.2, 0) is 6.54 Å². The van der Waals surface area contributed by atoms with Gasteiger partial charge in [0.05, 0.1) is 12.2 Å². The zero-order valence-electron chi connectivity index (χ0n) is 7.54. The van der Waals surface area contributed by atoms with E-state index in [1.165, 1.54) is 12.1 Å². The van der Waals surface area contributed by atoms with Crippen LogP contribution in [0.4, 0.5) is 15.0 Å². The Kier molecular flexibility index (Phi) is 3.22. The summed E-state index contributed by atoms with van der Waals surface area (Å²) in [4.78, 5) is 14.0. The molecule has 0 atom stereocenters. The van der Waals surface area contributed by atoms with Crippen LogP contribution in [0.25, 0.3) is 0 Å². The smallest absolute Gasteiger partial charge is 0.404 e. The van der Waals surface area contributed by atoms with E-state index >= 15 is 0 Å². The molecule has 1 aromatic rings. The Morgan fingerprint density at radius 2 is 2.36 bits per heavy atom. The predicted molar refractivity (Wildman–Crippen MR) is 48.6 cm³/mol. The van der Waals surface area contributed by atoms with Crippen molar-refractivity contribution in [2.24, 2.45) is 0 Å². The van der Waals surface area contributed by atoms with E-state index in [2.05, 4.69) is 10.3 Å². The van der Waals surface area contributed by atoms with Crippen LogP contribution in [0, 0.1) is 5.82 Å². The molecule has 0 saturated carbocycles. The number of carboxylic acid groups (broad SMARTS) is 1. The van der Waals surface area contributed by atoms with Crippen LogP contribution < -0.4 is 10.6 Å². The fourth-order valence-electron chi connectivity index (χ4n) is 0.907. The van der Waals surface area contributed by atoms with Gasteiger partial charge in [-0.05, 0) is 12.1 Å². The molecule has 1 aromatic heterocycles. The average Bonchev–Trinajstić information content (AvgIpc) is 2.16. The number of anilines is 1. The zero-order valence-corrected chi connectivity index (χ0v) is 7.54. The molecule has 0 unspecified atom stereocenters. The second-order valence-corrected chi connectivity index (χ2v) is 2.53. The van der Waals surface area contributed by atoms with Crippen LogP contribution in [-0.4, -0.2) is 23.2 Å². The lowest BCUT2D eigenvalue weighted by atomic mass is 10.3. The third-order valence-corrected chi connectivity index (χ3v) is 1.58. The minimum absolute atomic E-state index is 0.0688. The molecular formula is C8H10FN3O2. The summed E-state index contributed by atoms with van der Waals surface area (Å²) < 4.78 is 13.0. The summed E-state index contributed by atoms with van der Waals surface area (Å²) in [5.41, 5.74) is 0.0688. The molecule has 5 nitrogen and oxygen atoms in total. The first-order valence-electron chi connectivity index (χ1n) is 3.93. The number of halogens is 1. The summed E-state index contributed by atoms with van der Waals surface area (Å²) in [6.45, 7) is -0.142. The molecule has 0 aliphatic carbocycles. The van der Waals surface area contributed by atoms with Crippen molar-refractivity contribution < 1.29 is 14.3 Å². The van der Waals surface area contributed by atoms with Crippen LogP contribution in [0.15, 0.2) is 12.1 Å². The number of nitrogens with zero attached hydrogens (tertiary/aromatic N) is 1. The topological polar surface area (TPSA) is 74.2 Å². The first-order chi connectivity index (χ1) is 6.63. The van der Waals surface area contributed by atoms with Gasteiger partial charge in [-0.1, -0.05) is 0 Å². The highest BCUT2D eigenvalue weighted by molar-refractivity contribution is 5.64. The van der Waals surface area contributed by atoms with Gasteiger partial charge in [0.2, 0.25) is 0 Å². The van der Waals surface area contributed by atoms with Gasteiger partial charge in [0.1, 0.15) is 11.6 Å². The third kappa shape index (κ3) is 2.58. The number of hydrogen-bond donors (Lipinski definition) is 3. The highest BCUT2D eigenvalue weighted by Gasteiger charge is 2.05. The molecular weight excluding hydrogens is 189 g/mol. The van der Waals surface area contributed by atoms with E-state index in [1.54, 1.807) is 7.05 Å². The Labute approximate surface area is 80.0 Å². The van der Waals surface area contributed by atoms with E-state index in [0.717, 1.165) is 0 Å². The minimum atomic E-state index is -1.21. The third-order valence-electron chi connectivity index (χ3n) is 1.58.